The van der Waals surface area contributed by atoms with E-state index in [1.165, 1.54) is 28.3 Å². The molecule has 0 atom stereocenters. The summed E-state index contributed by atoms with van der Waals surface area (Å²) in [5, 5.41) is 10.6. The number of hydrogen-bond acceptors (Lipinski definition) is 5. The quantitative estimate of drug-likeness (QED) is 0.810. The number of aromatic hydroxyl groups is 1. The predicted octanol–water partition coefficient (Wildman–Crippen LogP) is 0.189. The summed E-state index contributed by atoms with van der Waals surface area (Å²) in [7, 11) is 2.65. The van der Waals surface area contributed by atoms with Gasteiger partial charge < -0.3 is 14.6 Å². The van der Waals surface area contributed by atoms with Crippen LogP contribution < -0.4 is 0 Å². The lowest BCUT2D eigenvalue weighted by molar-refractivity contribution is -0.133. The average molecular weight is 330 g/mol. The van der Waals surface area contributed by atoms with Crippen molar-refractivity contribution in [1.82, 2.24) is 9.79 Å². The topological polar surface area (TPSA) is 79.7 Å². The lowest BCUT2D eigenvalue weighted by Gasteiger charge is -2.16. The van der Waals surface area contributed by atoms with Crippen LogP contribution in [0.1, 0.15) is 10.5 Å². The molecule has 0 fully saturated rings. The van der Waals surface area contributed by atoms with Gasteiger partial charge >= 0.3 is 14.0 Å². The zero-order valence-corrected chi connectivity index (χ0v) is 13.4. The van der Waals surface area contributed by atoms with E-state index in [0.717, 1.165) is 10.4 Å². The van der Waals surface area contributed by atoms with Crippen LogP contribution in [0.4, 0.5) is 0 Å². The maximum absolute atomic E-state index is 12.2. The number of aromatic nitrogens is 1. The zero-order valence-electron chi connectivity index (χ0n) is 12.6. The molecule has 23 heavy (non-hydrogen) atoms. The summed E-state index contributed by atoms with van der Waals surface area (Å²) in [6, 6.07) is 8.48. The van der Waals surface area contributed by atoms with Crippen molar-refractivity contribution in [2.75, 3.05) is 6.54 Å². The van der Waals surface area contributed by atoms with Crippen LogP contribution in [0, 0.1) is 0 Å². The first kappa shape index (κ1) is 16.9. The van der Waals surface area contributed by atoms with Gasteiger partial charge in [0.1, 0.15) is 12.3 Å². The van der Waals surface area contributed by atoms with Gasteiger partial charge in [-0.3, -0.25) is 9.59 Å². The Labute approximate surface area is 139 Å². The van der Waals surface area contributed by atoms with E-state index in [9.17, 15) is 14.7 Å². The van der Waals surface area contributed by atoms with Crippen molar-refractivity contribution >= 4 is 39.5 Å². The van der Waals surface area contributed by atoms with E-state index in [-0.39, 0.29) is 18.0 Å². The third-order valence-electron chi connectivity index (χ3n) is 3.17. The van der Waals surface area contributed by atoms with Gasteiger partial charge in [0.05, 0.1) is 0 Å². The molecular formula is C14H13B2ClN2O4. The summed E-state index contributed by atoms with van der Waals surface area (Å²) in [5.41, 5.74) is 1.25. The van der Waals surface area contributed by atoms with Gasteiger partial charge in [0.2, 0.25) is 7.98 Å². The molecule has 0 saturated heterocycles. The molecule has 6 nitrogen and oxygen atoms in total. The highest BCUT2D eigenvalue weighted by Crippen LogP contribution is 2.27. The first-order valence-corrected chi connectivity index (χ1v) is 7.07. The Balaban J connectivity index is 2.25. The van der Waals surface area contributed by atoms with Crippen LogP contribution in [-0.2, 0) is 9.45 Å². The summed E-state index contributed by atoms with van der Waals surface area (Å²) < 4.78 is 4.50. The van der Waals surface area contributed by atoms with Gasteiger partial charge in [-0.2, -0.15) is 0 Å². The van der Waals surface area contributed by atoms with Gasteiger partial charge in [0.15, 0.2) is 5.69 Å². The molecule has 0 bridgehead atoms. The lowest BCUT2D eigenvalue weighted by atomic mass is 10.1. The van der Waals surface area contributed by atoms with Crippen LogP contribution >= 0.6 is 11.6 Å². The molecule has 0 aliphatic carbocycles. The number of amides is 1. The van der Waals surface area contributed by atoms with Crippen molar-refractivity contribution < 1.29 is 19.3 Å². The Kier molecular flexibility index (Phi) is 5.28. The zero-order chi connectivity index (χ0) is 17.0. The van der Waals surface area contributed by atoms with Gasteiger partial charge in [0.25, 0.3) is 5.91 Å². The third-order valence-corrected chi connectivity index (χ3v) is 3.40. The fraction of sp³-hybridized carbons (Fsp3) is 0.0714. The molecular weight excluding hydrogens is 317 g/mol. The van der Waals surface area contributed by atoms with E-state index < -0.39 is 11.9 Å². The molecule has 9 heteroatoms. The molecule has 2 aromatic rings. The third kappa shape index (κ3) is 4.04. The summed E-state index contributed by atoms with van der Waals surface area (Å²) in [4.78, 5) is 28.5. The molecule has 0 saturated carbocycles. The number of benzene rings is 1. The molecule has 0 radical (unpaired) electrons. The first-order valence-electron chi connectivity index (χ1n) is 6.69. The van der Waals surface area contributed by atoms with Crippen molar-refractivity contribution in [3.05, 3.63) is 47.2 Å². The molecule has 1 N–H and O–H groups in total. The van der Waals surface area contributed by atoms with Crippen LogP contribution in [0.15, 0.2) is 36.5 Å². The number of nitrogens with zero attached hydrogens (tertiary/aromatic N) is 2. The second-order valence-corrected chi connectivity index (χ2v) is 5.28. The molecule has 1 aromatic carbocycles. The Bertz CT molecular complexity index is 757. The number of carbonyl (C=O) groups excluding carboxylic acids is 2. The monoisotopic (exact) mass is 330 g/mol. The maximum atomic E-state index is 12.2. The van der Waals surface area contributed by atoms with Gasteiger partial charge in [-0.15, -0.1) is 0 Å². The number of hydrogen-bond donors (Lipinski definition) is 1. The largest absolute Gasteiger partial charge is 0.542 e. The summed E-state index contributed by atoms with van der Waals surface area (Å²) >= 11 is 5.93. The van der Waals surface area contributed by atoms with Crippen molar-refractivity contribution in [1.29, 1.82) is 0 Å². The van der Waals surface area contributed by atoms with Crippen LogP contribution in [0.5, 0.6) is 5.75 Å². The molecule has 1 amide bonds. The van der Waals surface area contributed by atoms with E-state index in [2.05, 4.69) is 9.64 Å². The number of carbonyl (C=O) groups is 2. The van der Waals surface area contributed by atoms with Crippen LogP contribution in [-0.4, -0.2) is 49.4 Å². The number of pyridine rings is 1. The minimum atomic E-state index is -0.578. The van der Waals surface area contributed by atoms with Gasteiger partial charge in [0, 0.05) is 16.8 Å². The molecule has 0 spiro atoms. The highest BCUT2D eigenvalue weighted by atomic mass is 35.5. The fourth-order valence-electron chi connectivity index (χ4n) is 1.95. The van der Waals surface area contributed by atoms with Gasteiger partial charge in [-0.25, -0.2) is 4.98 Å². The normalized spacial score (nSPS) is 10.1. The van der Waals surface area contributed by atoms with Crippen molar-refractivity contribution in [2.24, 2.45) is 0 Å². The second kappa shape index (κ2) is 7.19. The van der Waals surface area contributed by atoms with Crippen molar-refractivity contribution in [3.8, 4) is 16.9 Å². The molecule has 0 aliphatic rings. The summed E-state index contributed by atoms with van der Waals surface area (Å²) in [6.07, 6.45) is 1.46. The van der Waals surface area contributed by atoms with Gasteiger partial charge in [-0.1, -0.05) is 23.7 Å². The molecule has 116 valence electrons. The highest BCUT2D eigenvalue weighted by Gasteiger charge is 2.19. The Morgan fingerprint density at radius 1 is 1.30 bits per heavy atom. The Morgan fingerprint density at radius 3 is 2.65 bits per heavy atom. The van der Waals surface area contributed by atoms with Crippen molar-refractivity contribution in [2.45, 2.75) is 0 Å². The lowest BCUT2D eigenvalue weighted by Crippen LogP contribution is -2.34. The van der Waals surface area contributed by atoms with Crippen molar-refractivity contribution in [3.63, 3.8) is 0 Å². The first-order chi connectivity index (χ1) is 10.9. The predicted molar refractivity (Wildman–Crippen MR) is 90.6 cm³/mol. The Hall–Kier alpha value is -2.47. The molecule has 2 rings (SSSR count). The summed E-state index contributed by atoms with van der Waals surface area (Å²) in [6.45, 7) is -0.230. The summed E-state index contributed by atoms with van der Waals surface area (Å²) in [5.74, 6) is -1.41. The minimum Gasteiger partial charge on any atom is -0.542 e. The molecule has 1 aromatic heterocycles. The molecule has 0 aliphatic heterocycles. The molecule has 1 heterocycles. The maximum Gasteiger partial charge on any atom is 0.326 e. The smallest absolute Gasteiger partial charge is 0.326 e. The van der Waals surface area contributed by atoms with E-state index in [1.54, 1.807) is 18.2 Å². The van der Waals surface area contributed by atoms with E-state index in [1.807, 2.05) is 6.07 Å². The van der Waals surface area contributed by atoms with Gasteiger partial charge in [-0.05, 0) is 23.8 Å². The van der Waals surface area contributed by atoms with Crippen LogP contribution in [0.3, 0.4) is 0 Å². The van der Waals surface area contributed by atoms with E-state index in [4.69, 9.17) is 11.6 Å². The average Bonchev–Trinajstić information content (AvgIpc) is 2.53. The number of rotatable bonds is 4. The minimum absolute atomic E-state index is 0.137. The SMILES string of the molecule is BOC(=O)CN(B)C(=O)c1ncc(-c2cccc(Cl)c2)cc1O. The van der Waals surface area contributed by atoms with Crippen LogP contribution in [0.25, 0.3) is 11.1 Å². The molecule has 0 unspecified atom stereocenters. The van der Waals surface area contributed by atoms with E-state index in [0.29, 0.717) is 10.6 Å². The fourth-order valence-corrected chi connectivity index (χ4v) is 2.14. The van der Waals surface area contributed by atoms with E-state index >= 15 is 0 Å². The van der Waals surface area contributed by atoms with Crippen LogP contribution in [0.2, 0.25) is 5.02 Å². The highest BCUT2D eigenvalue weighted by molar-refractivity contribution is 6.30. The second-order valence-electron chi connectivity index (χ2n) is 4.84. The standard InChI is InChI=1S/C14H13B2ClN2O4/c15-19(7-12(21)23-16)14(22)13-11(20)5-9(6-18-13)8-2-1-3-10(17)4-8/h1-6,20H,7,15-16H2. The Morgan fingerprint density at radius 2 is 2.04 bits per heavy atom. The number of halogens is 1.